The molecule has 4 nitrogen and oxygen atoms in total. The van der Waals surface area contributed by atoms with Gasteiger partial charge in [-0.05, 0) is 75.4 Å². The summed E-state index contributed by atoms with van der Waals surface area (Å²) in [6.07, 6.45) is -2.29. The summed E-state index contributed by atoms with van der Waals surface area (Å²) in [4.78, 5) is 19.3. The number of H-pyrrole nitrogens is 1. The van der Waals surface area contributed by atoms with Crippen LogP contribution in [0.1, 0.15) is 42.7 Å². The second kappa shape index (κ2) is 10.0. The SMILES string of the molecule is CC(C)(Cc1cccc(F)c1)N1CCCC(CN(CC(F)(F)F)C(=O)c2cc3ccccc3[nH]2)C1. The van der Waals surface area contributed by atoms with Crippen molar-refractivity contribution in [3.8, 4) is 0 Å². The number of rotatable bonds is 7. The Morgan fingerprint density at radius 1 is 1.11 bits per heavy atom. The number of para-hydroxylation sites is 1. The minimum Gasteiger partial charge on any atom is -0.351 e. The molecule has 8 heteroatoms. The topological polar surface area (TPSA) is 39.3 Å². The summed E-state index contributed by atoms with van der Waals surface area (Å²) in [5, 5.41) is 0.783. The second-order valence-corrected chi connectivity index (χ2v) is 10.1. The van der Waals surface area contributed by atoms with E-state index in [0.717, 1.165) is 35.2 Å². The van der Waals surface area contributed by atoms with E-state index in [4.69, 9.17) is 0 Å². The first-order valence-corrected chi connectivity index (χ1v) is 11.9. The number of carbonyl (C=O) groups excluding carboxylic acids is 1. The Bertz CT molecular complexity index is 1140. The highest BCUT2D eigenvalue weighted by Gasteiger charge is 2.37. The minimum absolute atomic E-state index is 0.0280. The molecule has 188 valence electrons. The summed E-state index contributed by atoms with van der Waals surface area (Å²) in [5.74, 6) is -1.02. The Hall–Kier alpha value is -2.87. The summed E-state index contributed by atoms with van der Waals surface area (Å²) in [7, 11) is 0. The fourth-order valence-electron chi connectivity index (χ4n) is 5.13. The van der Waals surface area contributed by atoms with Gasteiger partial charge in [0.2, 0.25) is 0 Å². The molecular weight excluding hydrogens is 458 g/mol. The van der Waals surface area contributed by atoms with E-state index in [1.54, 1.807) is 18.2 Å². The standard InChI is InChI=1S/C27H31F4N3O/c1-26(2,15-19-7-5-10-22(28)13-19)34-12-6-8-20(17-34)16-33(18-27(29,30)31)25(35)24-14-21-9-3-4-11-23(21)32-24/h3-5,7,9-11,13-14,20,32H,6,8,12,15-18H2,1-2H3. The van der Waals surface area contributed by atoms with E-state index in [1.165, 1.54) is 12.1 Å². The molecule has 1 atom stereocenters. The van der Waals surface area contributed by atoms with Crippen molar-refractivity contribution in [3.05, 3.63) is 71.7 Å². The highest BCUT2D eigenvalue weighted by Crippen LogP contribution is 2.29. The molecule has 0 radical (unpaired) electrons. The van der Waals surface area contributed by atoms with Crippen LogP contribution >= 0.6 is 0 Å². The first-order chi connectivity index (χ1) is 16.5. The number of hydrogen-bond donors (Lipinski definition) is 1. The van der Waals surface area contributed by atoms with Gasteiger partial charge in [-0.1, -0.05) is 30.3 Å². The molecule has 1 aliphatic heterocycles. The molecule has 0 aliphatic carbocycles. The maximum atomic E-state index is 13.7. The van der Waals surface area contributed by atoms with Crippen LogP contribution in [0.3, 0.4) is 0 Å². The van der Waals surface area contributed by atoms with Crippen LogP contribution in [0.2, 0.25) is 0 Å². The summed E-state index contributed by atoms with van der Waals surface area (Å²) >= 11 is 0. The Labute approximate surface area is 202 Å². The number of nitrogens with one attached hydrogen (secondary N) is 1. The van der Waals surface area contributed by atoms with E-state index in [0.29, 0.717) is 18.5 Å². The van der Waals surface area contributed by atoms with Crippen LogP contribution in [-0.2, 0) is 6.42 Å². The first-order valence-electron chi connectivity index (χ1n) is 11.9. The molecule has 1 fully saturated rings. The van der Waals surface area contributed by atoms with Gasteiger partial charge in [-0.25, -0.2) is 4.39 Å². The molecule has 0 saturated carbocycles. The third kappa shape index (κ3) is 6.42. The molecule has 1 aromatic heterocycles. The van der Waals surface area contributed by atoms with Gasteiger partial charge in [0, 0.05) is 29.5 Å². The Balaban J connectivity index is 1.48. The maximum absolute atomic E-state index is 13.7. The summed E-state index contributed by atoms with van der Waals surface area (Å²) < 4.78 is 54.0. The molecule has 2 aromatic carbocycles. The van der Waals surface area contributed by atoms with Crippen molar-refractivity contribution in [3.63, 3.8) is 0 Å². The van der Waals surface area contributed by atoms with Crippen molar-refractivity contribution in [2.24, 2.45) is 5.92 Å². The number of hydrogen-bond acceptors (Lipinski definition) is 2. The number of fused-ring (bicyclic) bond motifs is 1. The number of piperidine rings is 1. The summed E-state index contributed by atoms with van der Waals surface area (Å²) in [5.41, 5.74) is 1.45. The smallest absolute Gasteiger partial charge is 0.351 e. The van der Waals surface area contributed by atoms with Gasteiger partial charge in [0.25, 0.3) is 5.91 Å². The number of amides is 1. The van der Waals surface area contributed by atoms with Crippen LogP contribution in [0.4, 0.5) is 17.6 Å². The zero-order valence-electron chi connectivity index (χ0n) is 20.0. The average Bonchev–Trinajstić information content (AvgIpc) is 3.21. The molecule has 3 aromatic rings. The lowest BCUT2D eigenvalue weighted by Gasteiger charge is -2.44. The predicted octanol–water partition coefficient (Wildman–Crippen LogP) is 6.04. The maximum Gasteiger partial charge on any atom is 0.406 e. The van der Waals surface area contributed by atoms with Crippen LogP contribution in [0.25, 0.3) is 10.9 Å². The molecule has 1 unspecified atom stereocenters. The number of likely N-dealkylation sites (tertiary alicyclic amines) is 1. The Morgan fingerprint density at radius 2 is 1.89 bits per heavy atom. The van der Waals surface area contributed by atoms with Gasteiger partial charge >= 0.3 is 6.18 Å². The summed E-state index contributed by atoms with van der Waals surface area (Å²) in [6, 6.07) is 15.3. The summed E-state index contributed by atoms with van der Waals surface area (Å²) in [6.45, 7) is 4.28. The quantitative estimate of drug-likeness (QED) is 0.411. The number of carbonyl (C=O) groups is 1. The van der Waals surface area contributed by atoms with E-state index >= 15 is 0 Å². The lowest BCUT2D eigenvalue weighted by molar-refractivity contribution is -0.142. The molecule has 1 saturated heterocycles. The van der Waals surface area contributed by atoms with Crippen molar-refractivity contribution in [2.75, 3.05) is 26.2 Å². The van der Waals surface area contributed by atoms with Crippen LogP contribution in [0.15, 0.2) is 54.6 Å². The highest BCUT2D eigenvalue weighted by atomic mass is 19.4. The van der Waals surface area contributed by atoms with E-state index in [9.17, 15) is 22.4 Å². The van der Waals surface area contributed by atoms with E-state index in [1.807, 2.05) is 24.3 Å². The number of benzene rings is 2. The number of aromatic amines is 1. The van der Waals surface area contributed by atoms with Crippen LogP contribution in [-0.4, -0.2) is 58.6 Å². The molecule has 0 bridgehead atoms. The molecule has 4 rings (SSSR count). The highest BCUT2D eigenvalue weighted by molar-refractivity contribution is 5.98. The zero-order valence-corrected chi connectivity index (χ0v) is 20.0. The second-order valence-electron chi connectivity index (χ2n) is 10.1. The van der Waals surface area contributed by atoms with Crippen molar-refractivity contribution in [1.29, 1.82) is 0 Å². The van der Waals surface area contributed by atoms with Gasteiger partial charge in [-0.3, -0.25) is 9.69 Å². The van der Waals surface area contributed by atoms with E-state index < -0.39 is 18.6 Å². The molecule has 1 amide bonds. The number of aromatic nitrogens is 1. The zero-order chi connectivity index (χ0) is 25.2. The van der Waals surface area contributed by atoms with Crippen molar-refractivity contribution in [1.82, 2.24) is 14.8 Å². The first kappa shape index (κ1) is 25.2. The van der Waals surface area contributed by atoms with Crippen LogP contribution < -0.4 is 0 Å². The van der Waals surface area contributed by atoms with Crippen molar-refractivity contribution < 1.29 is 22.4 Å². The molecule has 0 spiro atoms. The fourth-order valence-corrected chi connectivity index (χ4v) is 5.13. The molecule has 1 N–H and O–H groups in total. The van der Waals surface area contributed by atoms with Crippen molar-refractivity contribution >= 4 is 16.8 Å². The third-order valence-electron chi connectivity index (χ3n) is 6.80. The normalized spacial score (nSPS) is 17.6. The lowest BCUT2D eigenvalue weighted by atomic mass is 9.88. The molecule has 35 heavy (non-hydrogen) atoms. The number of alkyl halides is 3. The van der Waals surface area contributed by atoms with Gasteiger partial charge in [0.15, 0.2) is 0 Å². The monoisotopic (exact) mass is 489 g/mol. The lowest BCUT2D eigenvalue weighted by Crippen LogP contribution is -2.53. The molecular formula is C27H31F4N3O. The largest absolute Gasteiger partial charge is 0.406 e. The predicted molar refractivity (Wildman–Crippen MR) is 129 cm³/mol. The fraction of sp³-hybridized carbons (Fsp3) is 0.444. The van der Waals surface area contributed by atoms with Gasteiger partial charge in [-0.15, -0.1) is 0 Å². The van der Waals surface area contributed by atoms with E-state index in [2.05, 4.69) is 23.7 Å². The van der Waals surface area contributed by atoms with Gasteiger partial charge < -0.3 is 9.88 Å². The van der Waals surface area contributed by atoms with Crippen molar-refractivity contribution in [2.45, 2.75) is 44.8 Å². The Morgan fingerprint density at radius 3 is 2.60 bits per heavy atom. The number of nitrogens with zero attached hydrogens (tertiary/aromatic N) is 2. The third-order valence-corrected chi connectivity index (χ3v) is 6.80. The van der Waals surface area contributed by atoms with Gasteiger partial charge in [0.05, 0.1) is 0 Å². The minimum atomic E-state index is -4.49. The van der Waals surface area contributed by atoms with E-state index in [-0.39, 0.29) is 29.5 Å². The van der Waals surface area contributed by atoms with Crippen LogP contribution in [0, 0.1) is 11.7 Å². The molecule has 2 heterocycles. The van der Waals surface area contributed by atoms with Crippen LogP contribution in [0.5, 0.6) is 0 Å². The van der Waals surface area contributed by atoms with Gasteiger partial charge in [0.1, 0.15) is 18.1 Å². The Kier molecular flexibility index (Phi) is 7.22. The average molecular weight is 490 g/mol. The number of halogens is 4. The van der Waals surface area contributed by atoms with Gasteiger partial charge in [-0.2, -0.15) is 13.2 Å². The molecule has 1 aliphatic rings.